The molecule has 0 saturated carbocycles. The summed E-state index contributed by atoms with van der Waals surface area (Å²) in [5.41, 5.74) is 10.5. The van der Waals surface area contributed by atoms with Gasteiger partial charge in [-0.15, -0.1) is 0 Å². The Morgan fingerprint density at radius 2 is 1.64 bits per heavy atom. The standard InChI is InChI=1S/C8H13N3O3/c9-3-5-11(6-4-10)7(12)1-2-8(13)14/h3-6,9-10H2,(H,13,14). The van der Waals surface area contributed by atoms with Gasteiger partial charge in [0.15, 0.2) is 0 Å². The molecule has 0 bridgehead atoms. The summed E-state index contributed by atoms with van der Waals surface area (Å²) in [5.74, 6) is 1.81. The minimum Gasteiger partial charge on any atom is -0.472 e. The quantitative estimate of drug-likeness (QED) is 0.446. The van der Waals surface area contributed by atoms with Crippen LogP contribution in [0, 0.1) is 11.8 Å². The molecule has 1 amide bonds. The van der Waals surface area contributed by atoms with E-state index in [1.807, 2.05) is 5.92 Å². The van der Waals surface area contributed by atoms with Gasteiger partial charge in [0.2, 0.25) is 0 Å². The number of nitrogens with two attached hydrogens (primary N) is 2. The first-order valence-corrected chi connectivity index (χ1v) is 4.05. The fraction of sp³-hybridized carbons (Fsp3) is 0.500. The lowest BCUT2D eigenvalue weighted by molar-refractivity contribution is -0.131. The lowest BCUT2D eigenvalue weighted by atomic mass is 10.4. The molecule has 0 aliphatic carbocycles. The summed E-state index contributed by atoms with van der Waals surface area (Å²) in [7, 11) is 0. The summed E-state index contributed by atoms with van der Waals surface area (Å²) in [5, 5.41) is 8.21. The molecule has 0 radical (unpaired) electrons. The Bertz CT molecular complexity index is 261. The molecule has 0 fully saturated rings. The van der Waals surface area contributed by atoms with Gasteiger partial charge >= 0.3 is 5.97 Å². The molecule has 5 N–H and O–H groups in total. The van der Waals surface area contributed by atoms with Crippen LogP contribution < -0.4 is 11.5 Å². The van der Waals surface area contributed by atoms with Crippen molar-refractivity contribution in [1.82, 2.24) is 4.90 Å². The number of aliphatic carboxylic acids is 1. The van der Waals surface area contributed by atoms with Crippen LogP contribution >= 0.6 is 0 Å². The van der Waals surface area contributed by atoms with Gasteiger partial charge in [-0.05, 0) is 0 Å². The van der Waals surface area contributed by atoms with Crippen LogP contribution in [0.5, 0.6) is 0 Å². The Hall–Kier alpha value is -1.58. The number of carbonyl (C=O) groups is 2. The van der Waals surface area contributed by atoms with E-state index < -0.39 is 11.9 Å². The third-order valence-electron chi connectivity index (χ3n) is 1.36. The van der Waals surface area contributed by atoms with Crippen molar-refractivity contribution in [3.8, 4) is 11.8 Å². The zero-order chi connectivity index (χ0) is 11.0. The van der Waals surface area contributed by atoms with E-state index in [1.165, 1.54) is 4.90 Å². The van der Waals surface area contributed by atoms with Crippen molar-refractivity contribution in [3.63, 3.8) is 0 Å². The molecule has 0 aliphatic rings. The first-order valence-electron chi connectivity index (χ1n) is 4.05. The van der Waals surface area contributed by atoms with Crippen LogP contribution in [0.2, 0.25) is 0 Å². The Labute approximate surface area is 81.8 Å². The molecule has 0 aromatic rings. The number of carboxylic acid groups (broad SMARTS) is 1. The van der Waals surface area contributed by atoms with Crippen LogP contribution in [0.1, 0.15) is 0 Å². The Kier molecular flexibility index (Phi) is 6.11. The van der Waals surface area contributed by atoms with Crippen LogP contribution in [-0.2, 0) is 9.59 Å². The van der Waals surface area contributed by atoms with Crippen molar-refractivity contribution in [2.24, 2.45) is 11.5 Å². The smallest absolute Gasteiger partial charge is 0.382 e. The maximum absolute atomic E-state index is 11.2. The van der Waals surface area contributed by atoms with E-state index in [1.54, 1.807) is 5.92 Å². The highest BCUT2D eigenvalue weighted by Gasteiger charge is 2.08. The van der Waals surface area contributed by atoms with Gasteiger partial charge in [0.25, 0.3) is 5.91 Å². The summed E-state index contributed by atoms with van der Waals surface area (Å²) in [6.45, 7) is 1.23. The van der Waals surface area contributed by atoms with Crippen molar-refractivity contribution >= 4 is 11.9 Å². The molecule has 6 heteroatoms. The number of carboxylic acids is 1. The maximum Gasteiger partial charge on any atom is 0.382 e. The normalized spacial score (nSPS) is 8.71. The zero-order valence-electron chi connectivity index (χ0n) is 7.69. The highest BCUT2D eigenvalue weighted by atomic mass is 16.4. The number of nitrogens with zero attached hydrogens (tertiary/aromatic N) is 1. The van der Waals surface area contributed by atoms with Gasteiger partial charge in [-0.3, -0.25) is 4.79 Å². The van der Waals surface area contributed by atoms with Gasteiger partial charge in [-0.2, -0.15) is 0 Å². The van der Waals surface area contributed by atoms with Crippen LogP contribution in [0.3, 0.4) is 0 Å². The van der Waals surface area contributed by atoms with E-state index in [0.717, 1.165) is 0 Å². The summed E-state index contributed by atoms with van der Waals surface area (Å²) in [6.07, 6.45) is 0. The van der Waals surface area contributed by atoms with Gasteiger partial charge in [0.05, 0.1) is 0 Å². The Morgan fingerprint density at radius 3 is 2.00 bits per heavy atom. The van der Waals surface area contributed by atoms with Crippen molar-refractivity contribution in [3.05, 3.63) is 0 Å². The lowest BCUT2D eigenvalue weighted by Crippen LogP contribution is -2.38. The van der Waals surface area contributed by atoms with Crippen LogP contribution in [0.15, 0.2) is 0 Å². The van der Waals surface area contributed by atoms with Crippen molar-refractivity contribution in [2.75, 3.05) is 26.2 Å². The van der Waals surface area contributed by atoms with E-state index in [4.69, 9.17) is 16.6 Å². The van der Waals surface area contributed by atoms with E-state index >= 15 is 0 Å². The second kappa shape index (κ2) is 6.88. The van der Waals surface area contributed by atoms with Crippen LogP contribution in [0.25, 0.3) is 0 Å². The molecule has 0 unspecified atom stereocenters. The average Bonchev–Trinajstić information content (AvgIpc) is 2.14. The average molecular weight is 199 g/mol. The van der Waals surface area contributed by atoms with Crippen molar-refractivity contribution < 1.29 is 14.7 Å². The first kappa shape index (κ1) is 12.4. The van der Waals surface area contributed by atoms with Crippen LogP contribution in [-0.4, -0.2) is 48.1 Å². The second-order valence-electron chi connectivity index (χ2n) is 2.42. The molecule has 0 aromatic carbocycles. The number of amides is 1. The van der Waals surface area contributed by atoms with Crippen LogP contribution in [0.4, 0.5) is 0 Å². The fourth-order valence-electron chi connectivity index (χ4n) is 0.813. The third-order valence-corrected chi connectivity index (χ3v) is 1.36. The van der Waals surface area contributed by atoms with Gasteiger partial charge in [0, 0.05) is 38.0 Å². The molecule has 14 heavy (non-hydrogen) atoms. The zero-order valence-corrected chi connectivity index (χ0v) is 7.69. The first-order chi connectivity index (χ1) is 6.61. The summed E-state index contributed by atoms with van der Waals surface area (Å²) in [4.78, 5) is 22.6. The summed E-state index contributed by atoms with van der Waals surface area (Å²) in [6, 6.07) is 0. The fourth-order valence-corrected chi connectivity index (χ4v) is 0.813. The Balaban J connectivity index is 4.30. The largest absolute Gasteiger partial charge is 0.472 e. The van der Waals surface area contributed by atoms with Gasteiger partial charge < -0.3 is 21.5 Å². The SMILES string of the molecule is NCCN(CCN)C(=O)C#CC(=O)O. The topological polar surface area (TPSA) is 110 Å². The molecule has 0 atom stereocenters. The predicted molar refractivity (Wildman–Crippen MR) is 50.1 cm³/mol. The summed E-state index contributed by atoms with van der Waals surface area (Å²) < 4.78 is 0. The predicted octanol–water partition coefficient (Wildman–Crippen LogP) is -2.18. The third kappa shape index (κ3) is 5.13. The number of carbonyl (C=O) groups excluding carboxylic acids is 1. The molecule has 0 spiro atoms. The number of hydrogen-bond donors (Lipinski definition) is 3. The minimum atomic E-state index is -1.33. The van der Waals surface area contributed by atoms with E-state index in [0.29, 0.717) is 26.2 Å². The molecular formula is C8H13N3O3. The molecule has 6 nitrogen and oxygen atoms in total. The second-order valence-corrected chi connectivity index (χ2v) is 2.42. The lowest BCUT2D eigenvalue weighted by Gasteiger charge is -2.17. The molecule has 0 heterocycles. The van der Waals surface area contributed by atoms with Gasteiger partial charge in [-0.1, -0.05) is 0 Å². The van der Waals surface area contributed by atoms with E-state index in [9.17, 15) is 9.59 Å². The number of rotatable bonds is 4. The molecular weight excluding hydrogens is 186 g/mol. The number of hydrogen-bond acceptors (Lipinski definition) is 4. The Morgan fingerprint density at radius 1 is 1.14 bits per heavy atom. The molecule has 78 valence electrons. The summed E-state index contributed by atoms with van der Waals surface area (Å²) >= 11 is 0. The molecule has 0 aromatic heterocycles. The maximum atomic E-state index is 11.2. The van der Waals surface area contributed by atoms with Crippen molar-refractivity contribution in [1.29, 1.82) is 0 Å². The van der Waals surface area contributed by atoms with Gasteiger partial charge in [-0.25, -0.2) is 4.79 Å². The molecule has 0 saturated heterocycles. The monoisotopic (exact) mass is 199 g/mol. The molecule has 0 rings (SSSR count). The minimum absolute atomic E-state index is 0.292. The van der Waals surface area contributed by atoms with Crippen molar-refractivity contribution in [2.45, 2.75) is 0 Å². The highest BCUT2D eigenvalue weighted by molar-refractivity contribution is 6.00. The van der Waals surface area contributed by atoms with E-state index in [-0.39, 0.29) is 0 Å². The van der Waals surface area contributed by atoms with E-state index in [2.05, 4.69) is 0 Å². The highest BCUT2D eigenvalue weighted by Crippen LogP contribution is 1.86. The molecule has 0 aliphatic heterocycles. The van der Waals surface area contributed by atoms with Gasteiger partial charge in [0.1, 0.15) is 0 Å².